The molecular weight excluding hydrogens is 320 g/mol. The van der Waals surface area contributed by atoms with E-state index in [4.69, 9.17) is 14.2 Å². The van der Waals surface area contributed by atoms with Gasteiger partial charge in [0.15, 0.2) is 5.79 Å². The molecule has 25 heavy (non-hydrogen) atoms. The third kappa shape index (κ3) is 5.17. The van der Waals surface area contributed by atoms with Crippen molar-refractivity contribution in [2.45, 2.75) is 31.5 Å². The van der Waals surface area contributed by atoms with E-state index in [1.54, 1.807) is 7.11 Å². The Morgan fingerprint density at radius 1 is 1.20 bits per heavy atom. The summed E-state index contributed by atoms with van der Waals surface area (Å²) in [6.07, 6.45) is 3.16. The van der Waals surface area contributed by atoms with E-state index in [2.05, 4.69) is 10.2 Å². The standard InChI is InChI=1S/C19H28N2O4/c1-23-17-4-2-16(3-5-17)6-10-20-18(22)7-11-21-12-8-19(9-13-21)24-14-15-25-19/h2-5H,6-15H2,1H3,(H,20,22). The summed E-state index contributed by atoms with van der Waals surface area (Å²) >= 11 is 0. The molecule has 0 aromatic heterocycles. The number of hydrogen-bond acceptors (Lipinski definition) is 5. The molecule has 2 heterocycles. The highest BCUT2D eigenvalue weighted by Gasteiger charge is 2.39. The van der Waals surface area contributed by atoms with Crippen LogP contribution in [-0.4, -0.2) is 63.1 Å². The third-order valence-corrected chi connectivity index (χ3v) is 4.98. The molecule has 2 aliphatic heterocycles. The Labute approximate surface area is 149 Å². The summed E-state index contributed by atoms with van der Waals surface area (Å²) in [6, 6.07) is 7.94. The number of nitrogens with zero attached hydrogens (tertiary/aromatic N) is 1. The van der Waals surface area contributed by atoms with E-state index in [9.17, 15) is 4.79 Å². The molecule has 0 unspecified atom stereocenters. The van der Waals surface area contributed by atoms with Crippen molar-refractivity contribution in [2.75, 3.05) is 46.5 Å². The molecular formula is C19H28N2O4. The van der Waals surface area contributed by atoms with Crippen molar-refractivity contribution in [3.8, 4) is 5.75 Å². The van der Waals surface area contributed by atoms with Gasteiger partial charge in [-0.15, -0.1) is 0 Å². The van der Waals surface area contributed by atoms with E-state index >= 15 is 0 Å². The molecule has 2 aliphatic rings. The van der Waals surface area contributed by atoms with Gasteiger partial charge in [-0.05, 0) is 24.1 Å². The minimum absolute atomic E-state index is 0.113. The minimum atomic E-state index is -0.336. The van der Waals surface area contributed by atoms with Crippen LogP contribution in [0.5, 0.6) is 5.75 Å². The summed E-state index contributed by atoms with van der Waals surface area (Å²) in [6.45, 7) is 4.73. The first kappa shape index (κ1) is 18.2. The van der Waals surface area contributed by atoms with Crippen molar-refractivity contribution in [3.63, 3.8) is 0 Å². The normalized spacial score (nSPS) is 19.9. The number of carbonyl (C=O) groups is 1. The molecule has 138 valence electrons. The van der Waals surface area contributed by atoms with Crippen LogP contribution in [0.4, 0.5) is 0 Å². The first-order valence-corrected chi connectivity index (χ1v) is 9.09. The largest absolute Gasteiger partial charge is 0.497 e. The Hall–Kier alpha value is -1.63. The second-order valence-corrected chi connectivity index (χ2v) is 6.65. The molecule has 1 aromatic rings. The van der Waals surface area contributed by atoms with E-state index in [1.165, 1.54) is 5.56 Å². The van der Waals surface area contributed by atoms with Gasteiger partial charge in [0.25, 0.3) is 0 Å². The van der Waals surface area contributed by atoms with Crippen molar-refractivity contribution < 1.29 is 19.0 Å². The zero-order chi connectivity index (χ0) is 17.5. The van der Waals surface area contributed by atoms with Gasteiger partial charge in [0.2, 0.25) is 5.91 Å². The molecule has 1 spiro atoms. The maximum atomic E-state index is 12.0. The van der Waals surface area contributed by atoms with Crippen LogP contribution in [0.2, 0.25) is 0 Å². The molecule has 2 saturated heterocycles. The Bertz CT molecular complexity index is 545. The lowest BCUT2D eigenvalue weighted by Crippen LogP contribution is -2.46. The summed E-state index contributed by atoms with van der Waals surface area (Å²) < 4.78 is 16.6. The lowest BCUT2D eigenvalue weighted by molar-refractivity contribution is -0.185. The smallest absolute Gasteiger partial charge is 0.221 e. The lowest BCUT2D eigenvalue weighted by Gasteiger charge is -2.37. The molecule has 0 atom stereocenters. The van der Waals surface area contributed by atoms with Crippen LogP contribution >= 0.6 is 0 Å². The highest BCUT2D eigenvalue weighted by Crippen LogP contribution is 2.31. The molecule has 0 aliphatic carbocycles. The van der Waals surface area contributed by atoms with Gasteiger partial charge >= 0.3 is 0 Å². The van der Waals surface area contributed by atoms with Gasteiger partial charge in [0.1, 0.15) is 5.75 Å². The molecule has 2 fully saturated rings. The molecule has 6 nitrogen and oxygen atoms in total. The zero-order valence-corrected chi connectivity index (χ0v) is 15.0. The topological polar surface area (TPSA) is 60.0 Å². The number of likely N-dealkylation sites (tertiary alicyclic amines) is 1. The quantitative estimate of drug-likeness (QED) is 0.811. The summed E-state index contributed by atoms with van der Waals surface area (Å²) in [5.74, 6) is 0.628. The fraction of sp³-hybridized carbons (Fsp3) is 0.632. The van der Waals surface area contributed by atoms with Crippen molar-refractivity contribution in [2.24, 2.45) is 0 Å². The number of rotatable bonds is 7. The van der Waals surface area contributed by atoms with Crippen molar-refractivity contribution in [3.05, 3.63) is 29.8 Å². The zero-order valence-electron chi connectivity index (χ0n) is 15.0. The van der Waals surface area contributed by atoms with Gasteiger partial charge in [-0.3, -0.25) is 4.79 Å². The van der Waals surface area contributed by atoms with E-state index in [1.807, 2.05) is 24.3 Å². The van der Waals surface area contributed by atoms with Gasteiger partial charge in [-0.25, -0.2) is 0 Å². The SMILES string of the molecule is COc1ccc(CCNC(=O)CCN2CCC3(CC2)OCCO3)cc1. The van der Waals surface area contributed by atoms with Gasteiger partial charge in [-0.2, -0.15) is 0 Å². The van der Waals surface area contributed by atoms with E-state index < -0.39 is 0 Å². The van der Waals surface area contributed by atoms with Gasteiger partial charge < -0.3 is 24.4 Å². The average molecular weight is 348 g/mol. The number of carbonyl (C=O) groups excluding carboxylic acids is 1. The van der Waals surface area contributed by atoms with Crippen LogP contribution in [-0.2, 0) is 20.7 Å². The second-order valence-electron chi connectivity index (χ2n) is 6.65. The summed E-state index contributed by atoms with van der Waals surface area (Å²) in [7, 11) is 1.66. The molecule has 1 amide bonds. The van der Waals surface area contributed by atoms with Gasteiger partial charge in [-0.1, -0.05) is 12.1 Å². The number of benzene rings is 1. The molecule has 0 radical (unpaired) electrons. The number of amides is 1. The fourth-order valence-electron chi connectivity index (χ4n) is 3.39. The van der Waals surface area contributed by atoms with Crippen LogP contribution in [0.15, 0.2) is 24.3 Å². The first-order chi connectivity index (χ1) is 12.2. The average Bonchev–Trinajstić information content (AvgIpc) is 3.10. The summed E-state index contributed by atoms with van der Waals surface area (Å²) in [5.41, 5.74) is 1.19. The summed E-state index contributed by atoms with van der Waals surface area (Å²) in [4.78, 5) is 14.3. The lowest BCUT2D eigenvalue weighted by atomic mass is 10.0. The third-order valence-electron chi connectivity index (χ3n) is 4.98. The van der Waals surface area contributed by atoms with Crippen LogP contribution in [0.3, 0.4) is 0 Å². The van der Waals surface area contributed by atoms with Crippen LogP contribution in [0, 0.1) is 0 Å². The van der Waals surface area contributed by atoms with Crippen LogP contribution in [0.1, 0.15) is 24.8 Å². The van der Waals surface area contributed by atoms with E-state index in [0.29, 0.717) is 26.2 Å². The first-order valence-electron chi connectivity index (χ1n) is 9.09. The van der Waals surface area contributed by atoms with E-state index in [-0.39, 0.29) is 11.7 Å². The Morgan fingerprint density at radius 2 is 1.88 bits per heavy atom. The molecule has 1 aromatic carbocycles. The number of methoxy groups -OCH3 is 1. The minimum Gasteiger partial charge on any atom is -0.497 e. The van der Waals surface area contributed by atoms with Crippen molar-refractivity contribution in [1.82, 2.24) is 10.2 Å². The predicted octanol–water partition coefficient (Wildman–Crippen LogP) is 1.58. The Morgan fingerprint density at radius 3 is 2.52 bits per heavy atom. The molecule has 0 bridgehead atoms. The number of hydrogen-bond donors (Lipinski definition) is 1. The number of nitrogens with one attached hydrogen (secondary N) is 1. The maximum absolute atomic E-state index is 12.0. The highest BCUT2D eigenvalue weighted by molar-refractivity contribution is 5.76. The van der Waals surface area contributed by atoms with Gasteiger partial charge in [0.05, 0.1) is 20.3 Å². The fourth-order valence-corrected chi connectivity index (χ4v) is 3.39. The highest BCUT2D eigenvalue weighted by atomic mass is 16.7. The maximum Gasteiger partial charge on any atom is 0.221 e. The Kier molecular flexibility index (Phi) is 6.29. The monoisotopic (exact) mass is 348 g/mol. The van der Waals surface area contributed by atoms with E-state index in [0.717, 1.165) is 44.6 Å². The number of piperidine rings is 1. The number of ether oxygens (including phenoxy) is 3. The molecule has 3 rings (SSSR count). The summed E-state index contributed by atoms with van der Waals surface area (Å²) in [5, 5.41) is 3.00. The van der Waals surface area contributed by atoms with Crippen LogP contribution in [0.25, 0.3) is 0 Å². The van der Waals surface area contributed by atoms with Crippen molar-refractivity contribution in [1.29, 1.82) is 0 Å². The van der Waals surface area contributed by atoms with Crippen molar-refractivity contribution >= 4 is 5.91 Å². The molecule has 1 N–H and O–H groups in total. The molecule has 6 heteroatoms. The predicted molar refractivity (Wildman–Crippen MR) is 94.6 cm³/mol. The molecule has 0 saturated carbocycles. The van der Waals surface area contributed by atoms with Gasteiger partial charge in [0, 0.05) is 45.4 Å². The second kappa shape index (κ2) is 8.65. The van der Waals surface area contributed by atoms with Crippen LogP contribution < -0.4 is 10.1 Å². The Balaban J connectivity index is 1.29.